The van der Waals surface area contributed by atoms with Crippen LogP contribution in [0.2, 0.25) is 0 Å². The summed E-state index contributed by atoms with van der Waals surface area (Å²) in [6.45, 7) is 0. The van der Waals surface area contributed by atoms with Crippen LogP contribution in [0.1, 0.15) is 45.0 Å². The minimum Gasteiger partial charge on any atom is -0.310 e. The first kappa shape index (κ1) is 87.6. The fraction of sp³-hybridized carbons (Fsp3) is 0.0870. The predicted molar refractivity (Wildman–Crippen MR) is 426 cm³/mol. The summed E-state index contributed by atoms with van der Waals surface area (Å²) >= 11 is 0. The molecule has 0 fully saturated rings. The van der Waals surface area contributed by atoms with E-state index in [1.54, 1.807) is 262 Å². The third-order valence-corrected chi connectivity index (χ3v) is 18.7. The van der Waals surface area contributed by atoms with Gasteiger partial charge in [0, 0.05) is 89.8 Å². The number of pyridine rings is 4. The van der Waals surface area contributed by atoms with Crippen molar-refractivity contribution in [2.24, 2.45) is 0 Å². The lowest BCUT2D eigenvalue weighted by Crippen LogP contribution is -2.14. The monoisotopic (exact) mass is 1730 g/mol. The number of fused-ring (bicyclic) bond motifs is 4. The molecule has 4 aromatic heterocycles. The SMILES string of the molecule is FC(F)(F)c1cc(C(F)(F)F)c2ccc(N(c3ccccc3)c3ccccc3)cc2n1.FC(F)(F)c1cc(C(F)(F)F)c2ccc(N(c3ccccc3)c3ccccc3)cc2n1.FC(F)(F)c1cc(C(F)(F)F)c2ccc(N(c3ccccc3)c3ccccc3)cc2n1.FC(F)(F)c1cc(C(F)(F)F)c2ccc(N(c3ccccc3)c3ccccc3)cc2n1. The van der Waals surface area contributed by atoms with Gasteiger partial charge >= 0.3 is 49.4 Å². The van der Waals surface area contributed by atoms with Gasteiger partial charge in [0.15, 0.2) is 0 Å². The van der Waals surface area contributed by atoms with E-state index in [2.05, 4.69) is 19.9 Å². The van der Waals surface area contributed by atoms with Crippen molar-refractivity contribution >= 4 is 112 Å². The molecule has 632 valence electrons. The van der Waals surface area contributed by atoms with E-state index in [-0.39, 0.29) is 24.3 Å². The van der Waals surface area contributed by atoms with Gasteiger partial charge in [-0.15, -0.1) is 0 Å². The molecule has 16 aromatic rings. The molecule has 4 heterocycles. The van der Waals surface area contributed by atoms with Gasteiger partial charge in [0.05, 0.1) is 44.3 Å². The van der Waals surface area contributed by atoms with Crippen molar-refractivity contribution in [1.82, 2.24) is 19.9 Å². The van der Waals surface area contributed by atoms with Crippen LogP contribution < -0.4 is 19.6 Å². The average Bonchev–Trinajstić information content (AvgIpc) is 0.772. The maximum absolute atomic E-state index is 13.5. The van der Waals surface area contributed by atoms with Crippen molar-refractivity contribution in [3.05, 3.63) is 385 Å². The summed E-state index contributed by atoms with van der Waals surface area (Å²) in [6.07, 6.45) is -39.9. The maximum atomic E-state index is 13.5. The summed E-state index contributed by atoms with van der Waals surface area (Å²) in [7, 11) is 0. The lowest BCUT2D eigenvalue weighted by molar-refractivity contribution is -0.146. The van der Waals surface area contributed by atoms with E-state index in [0.717, 1.165) is 24.3 Å². The average molecular weight is 1730 g/mol. The molecule has 0 unspecified atom stereocenters. The second kappa shape index (κ2) is 35.1. The number of aromatic nitrogens is 4. The van der Waals surface area contributed by atoms with E-state index in [1.165, 1.54) is 48.5 Å². The number of alkyl halides is 24. The predicted octanol–water partition coefficient (Wildman–Crippen LogP) is 31.0. The Morgan fingerprint density at radius 2 is 0.282 bits per heavy atom. The molecule has 0 atom stereocenters. The molecule has 0 aliphatic rings. The quantitative estimate of drug-likeness (QED) is 0.112. The molecule has 8 nitrogen and oxygen atoms in total. The van der Waals surface area contributed by atoms with Crippen molar-refractivity contribution < 1.29 is 105 Å². The summed E-state index contributed by atoms with van der Waals surface area (Å²) in [4.78, 5) is 20.9. The zero-order valence-electron chi connectivity index (χ0n) is 63.0. The molecular weight excluding hydrogens is 1670 g/mol. The first-order chi connectivity index (χ1) is 58.6. The van der Waals surface area contributed by atoms with Gasteiger partial charge in [-0.05, 0) is 170 Å². The largest absolute Gasteiger partial charge is 0.433 e. The van der Waals surface area contributed by atoms with Gasteiger partial charge in [0.1, 0.15) is 22.8 Å². The van der Waals surface area contributed by atoms with E-state index < -0.39 is 138 Å². The highest BCUT2D eigenvalue weighted by atomic mass is 19.4. The van der Waals surface area contributed by atoms with E-state index in [4.69, 9.17) is 0 Å². The standard InChI is InChI=1S/4C23H14F6N2/c4*24-22(25,26)19-14-21(23(27,28)29)30-20-13-17(11-12-18(19)20)31(15-7-3-1-4-8-15)16-9-5-2-6-10-16/h4*1-14H. The van der Waals surface area contributed by atoms with Crippen molar-refractivity contribution in [2.45, 2.75) is 49.4 Å². The Morgan fingerprint density at radius 1 is 0.145 bits per heavy atom. The van der Waals surface area contributed by atoms with Crippen molar-refractivity contribution in [3.63, 3.8) is 0 Å². The van der Waals surface area contributed by atoms with Crippen LogP contribution in [0, 0.1) is 0 Å². The van der Waals surface area contributed by atoms with Crippen LogP contribution in [0.5, 0.6) is 0 Å². The normalized spacial score (nSPS) is 12.2. The Bertz CT molecular complexity index is 5430. The molecule has 0 aliphatic heterocycles. The van der Waals surface area contributed by atoms with Crippen molar-refractivity contribution in [2.75, 3.05) is 19.6 Å². The van der Waals surface area contributed by atoms with Crippen LogP contribution in [0.4, 0.5) is 174 Å². The summed E-state index contributed by atoms with van der Waals surface area (Å²) in [6, 6.07) is 87.1. The Labute approximate surface area is 688 Å². The fourth-order valence-electron chi connectivity index (χ4n) is 13.3. The summed E-state index contributed by atoms with van der Waals surface area (Å²) < 4.78 is 320. The zero-order valence-corrected chi connectivity index (χ0v) is 63.0. The van der Waals surface area contributed by atoms with Gasteiger partial charge in [-0.2, -0.15) is 105 Å². The van der Waals surface area contributed by atoms with Gasteiger partial charge < -0.3 is 19.6 Å². The molecule has 12 aromatic carbocycles. The second-order valence-electron chi connectivity index (χ2n) is 27.0. The molecule has 0 amide bonds. The van der Waals surface area contributed by atoms with Crippen LogP contribution >= 0.6 is 0 Å². The molecule has 0 saturated carbocycles. The number of anilines is 12. The molecule has 0 spiro atoms. The Morgan fingerprint density at radius 3 is 0.403 bits per heavy atom. The summed E-state index contributed by atoms with van der Waals surface area (Å²) in [5.41, 5.74) is -6.37. The van der Waals surface area contributed by atoms with Gasteiger partial charge in [0.2, 0.25) is 0 Å². The highest BCUT2D eigenvalue weighted by Crippen LogP contribution is 2.48. The molecule has 32 heteroatoms. The molecule has 0 aliphatic carbocycles. The molecular formula is C92H56F24N8. The topological polar surface area (TPSA) is 64.5 Å². The molecule has 0 N–H and O–H groups in total. The van der Waals surface area contributed by atoms with Gasteiger partial charge in [0.25, 0.3) is 0 Å². The smallest absolute Gasteiger partial charge is 0.310 e. The number of halogens is 24. The first-order valence-corrected chi connectivity index (χ1v) is 36.6. The third kappa shape index (κ3) is 20.4. The molecule has 0 radical (unpaired) electrons. The second-order valence-corrected chi connectivity index (χ2v) is 27.0. The fourth-order valence-corrected chi connectivity index (χ4v) is 13.3. The van der Waals surface area contributed by atoms with E-state index in [1.807, 2.05) is 0 Å². The molecule has 16 rings (SSSR count). The molecule has 124 heavy (non-hydrogen) atoms. The lowest BCUT2D eigenvalue weighted by atomic mass is 10.1. The van der Waals surface area contributed by atoms with Gasteiger partial charge in [-0.1, -0.05) is 170 Å². The van der Waals surface area contributed by atoms with E-state index in [0.29, 0.717) is 68.2 Å². The summed E-state index contributed by atoms with van der Waals surface area (Å²) in [5.74, 6) is 0. The third-order valence-electron chi connectivity index (χ3n) is 18.7. The number of rotatable bonds is 12. The van der Waals surface area contributed by atoms with Crippen LogP contribution in [-0.2, 0) is 49.4 Å². The minimum atomic E-state index is -5.01. The van der Waals surface area contributed by atoms with Crippen molar-refractivity contribution in [1.29, 1.82) is 0 Å². The lowest BCUT2D eigenvalue weighted by Gasteiger charge is -2.26. The number of hydrogen-bond donors (Lipinski definition) is 0. The van der Waals surface area contributed by atoms with Crippen LogP contribution in [0.25, 0.3) is 43.6 Å². The van der Waals surface area contributed by atoms with Crippen LogP contribution in [0.15, 0.2) is 340 Å². The Kier molecular flexibility index (Phi) is 24.8. The highest BCUT2D eigenvalue weighted by Gasteiger charge is 2.44. The van der Waals surface area contributed by atoms with Crippen molar-refractivity contribution in [3.8, 4) is 0 Å². The van der Waals surface area contributed by atoms with Crippen LogP contribution in [0.3, 0.4) is 0 Å². The number of nitrogens with zero attached hydrogens (tertiary/aromatic N) is 8. The Balaban J connectivity index is 0.000000142. The maximum Gasteiger partial charge on any atom is 0.433 e. The first-order valence-electron chi connectivity index (χ1n) is 36.6. The minimum absolute atomic E-state index is 0.0498. The number of hydrogen-bond acceptors (Lipinski definition) is 8. The zero-order chi connectivity index (χ0) is 88.9. The highest BCUT2D eigenvalue weighted by molar-refractivity contribution is 5.94. The molecule has 0 saturated heterocycles. The number of para-hydroxylation sites is 8. The summed E-state index contributed by atoms with van der Waals surface area (Å²) in [5, 5.41) is -1.59. The molecule has 0 bridgehead atoms. The Hall–Kier alpha value is -14.2. The number of benzene rings is 12. The van der Waals surface area contributed by atoms with Gasteiger partial charge in [-0.3, -0.25) is 0 Å². The van der Waals surface area contributed by atoms with E-state index in [9.17, 15) is 105 Å². The van der Waals surface area contributed by atoms with Crippen LogP contribution in [-0.4, -0.2) is 19.9 Å². The van der Waals surface area contributed by atoms with E-state index >= 15 is 0 Å². The van der Waals surface area contributed by atoms with Gasteiger partial charge in [-0.25, -0.2) is 19.9 Å².